The van der Waals surface area contributed by atoms with Crippen LogP contribution in [0.5, 0.6) is 0 Å². The van der Waals surface area contributed by atoms with Crippen molar-refractivity contribution in [2.75, 3.05) is 0 Å². The molecule has 1 N–H and O–H groups in total. The van der Waals surface area contributed by atoms with E-state index in [4.69, 9.17) is 4.42 Å². The number of aromatic nitrogens is 3. The van der Waals surface area contributed by atoms with E-state index in [2.05, 4.69) is 10.4 Å². The molecule has 0 aliphatic rings. The molecule has 1 amide bonds. The first-order valence-corrected chi connectivity index (χ1v) is 8.28. The van der Waals surface area contributed by atoms with Crippen LogP contribution in [0.15, 0.2) is 27.6 Å². The van der Waals surface area contributed by atoms with Crippen molar-refractivity contribution < 1.29 is 9.21 Å². The number of amides is 1. The molecule has 3 aromatic heterocycles. The highest BCUT2D eigenvalue weighted by atomic mass is 16.3. The number of aryl methyl sites for hydroxylation is 1. The maximum atomic E-state index is 12.9. The number of rotatable bonds is 5. The van der Waals surface area contributed by atoms with E-state index in [1.54, 1.807) is 12.3 Å². The van der Waals surface area contributed by atoms with E-state index < -0.39 is 6.04 Å². The van der Waals surface area contributed by atoms with Gasteiger partial charge in [0.1, 0.15) is 17.4 Å². The molecule has 1 unspecified atom stereocenters. The molecule has 24 heavy (non-hydrogen) atoms. The molecule has 7 nitrogen and oxygen atoms in total. The predicted octanol–water partition coefficient (Wildman–Crippen LogP) is 2.28. The number of nitrogens with zero attached hydrogens (tertiary/aromatic N) is 3. The molecule has 0 radical (unpaired) electrons. The van der Waals surface area contributed by atoms with E-state index >= 15 is 0 Å². The normalized spacial score (nSPS) is 13.0. The van der Waals surface area contributed by atoms with Crippen molar-refractivity contribution in [2.24, 2.45) is 0 Å². The van der Waals surface area contributed by atoms with Crippen LogP contribution in [0.1, 0.15) is 46.0 Å². The lowest BCUT2D eigenvalue weighted by atomic mass is 10.2. The predicted molar refractivity (Wildman–Crippen MR) is 91.2 cm³/mol. The van der Waals surface area contributed by atoms with Crippen molar-refractivity contribution in [1.82, 2.24) is 19.5 Å². The molecule has 0 aliphatic heterocycles. The molecule has 128 valence electrons. The first-order valence-electron chi connectivity index (χ1n) is 8.28. The molecule has 3 aromatic rings. The summed E-state index contributed by atoms with van der Waals surface area (Å²) in [6.07, 6.45) is 2.71. The minimum atomic E-state index is -0.628. The van der Waals surface area contributed by atoms with E-state index in [-0.39, 0.29) is 17.5 Å². The first-order chi connectivity index (χ1) is 11.5. The van der Waals surface area contributed by atoms with Crippen molar-refractivity contribution in [1.29, 1.82) is 0 Å². The fraction of sp³-hybridized carbons (Fsp3) is 0.471. The molecule has 1 atom stereocenters. The molecule has 0 saturated heterocycles. The van der Waals surface area contributed by atoms with Gasteiger partial charge in [-0.25, -0.2) is 4.68 Å². The maximum absolute atomic E-state index is 12.9. The fourth-order valence-electron chi connectivity index (χ4n) is 2.98. The van der Waals surface area contributed by atoms with Crippen LogP contribution in [-0.4, -0.2) is 26.1 Å². The largest absolute Gasteiger partial charge is 0.463 e. The standard InChI is InChI=1S/C17H22N4O3/c1-5-11(16(22)18-10(3)4)21-17(23)13-9-14-12(7-8-24-14)20(13)15(6-2)19-21/h7-11H,5-6H2,1-4H3,(H,18,22). The molecule has 0 aliphatic carbocycles. The van der Waals surface area contributed by atoms with Crippen molar-refractivity contribution in [3.8, 4) is 0 Å². The summed E-state index contributed by atoms with van der Waals surface area (Å²) in [4.78, 5) is 25.4. The van der Waals surface area contributed by atoms with E-state index in [0.29, 0.717) is 23.9 Å². The molecule has 0 spiro atoms. The van der Waals surface area contributed by atoms with E-state index in [0.717, 1.165) is 11.3 Å². The molecule has 3 rings (SSSR count). The summed E-state index contributed by atoms with van der Waals surface area (Å²) in [5, 5.41) is 7.35. The first kappa shape index (κ1) is 16.3. The quantitative estimate of drug-likeness (QED) is 0.778. The third kappa shape index (κ3) is 2.50. The number of carbonyl (C=O) groups is 1. The number of hydrogen-bond acceptors (Lipinski definition) is 4. The van der Waals surface area contributed by atoms with Gasteiger partial charge < -0.3 is 9.73 Å². The van der Waals surface area contributed by atoms with Crippen LogP contribution in [0.25, 0.3) is 16.6 Å². The van der Waals surface area contributed by atoms with Crippen LogP contribution in [0.4, 0.5) is 0 Å². The Labute approximate surface area is 139 Å². The summed E-state index contributed by atoms with van der Waals surface area (Å²) in [6.45, 7) is 7.63. The van der Waals surface area contributed by atoms with Crippen LogP contribution >= 0.6 is 0 Å². The number of hydrogen-bond donors (Lipinski definition) is 1. The van der Waals surface area contributed by atoms with Crippen molar-refractivity contribution in [2.45, 2.75) is 52.6 Å². The Morgan fingerprint density at radius 2 is 2.08 bits per heavy atom. The summed E-state index contributed by atoms with van der Waals surface area (Å²) in [5.74, 6) is 0.528. The number of fused-ring (bicyclic) bond motifs is 3. The van der Waals surface area contributed by atoms with Crippen LogP contribution in [-0.2, 0) is 11.2 Å². The van der Waals surface area contributed by atoms with Gasteiger partial charge in [-0.3, -0.25) is 14.0 Å². The number of carbonyl (C=O) groups excluding carboxylic acids is 1. The Bertz CT molecular complexity index is 948. The Kier molecular flexibility index (Phi) is 4.17. The van der Waals surface area contributed by atoms with E-state index in [1.165, 1.54) is 4.68 Å². The minimum absolute atomic E-state index is 0.00673. The van der Waals surface area contributed by atoms with Crippen molar-refractivity contribution in [3.63, 3.8) is 0 Å². The Hall–Kier alpha value is -2.57. The van der Waals surface area contributed by atoms with Crippen LogP contribution < -0.4 is 10.9 Å². The Balaban J connectivity index is 2.22. The molecular weight excluding hydrogens is 308 g/mol. The summed E-state index contributed by atoms with van der Waals surface area (Å²) >= 11 is 0. The van der Waals surface area contributed by atoms with Gasteiger partial charge in [0.15, 0.2) is 5.58 Å². The summed E-state index contributed by atoms with van der Waals surface area (Å²) < 4.78 is 8.53. The van der Waals surface area contributed by atoms with Gasteiger partial charge in [-0.1, -0.05) is 13.8 Å². The lowest BCUT2D eigenvalue weighted by Gasteiger charge is -2.19. The van der Waals surface area contributed by atoms with Crippen molar-refractivity contribution >= 4 is 22.5 Å². The van der Waals surface area contributed by atoms with Crippen LogP contribution in [0.2, 0.25) is 0 Å². The molecule has 7 heteroatoms. The highest BCUT2D eigenvalue weighted by molar-refractivity contribution is 5.83. The van der Waals surface area contributed by atoms with Gasteiger partial charge in [0.05, 0.1) is 11.8 Å². The summed E-state index contributed by atoms with van der Waals surface area (Å²) in [6, 6.07) is 2.90. The third-order valence-corrected chi connectivity index (χ3v) is 4.06. The average Bonchev–Trinajstić information content (AvgIpc) is 3.10. The highest BCUT2D eigenvalue weighted by Gasteiger charge is 2.24. The smallest absolute Gasteiger partial charge is 0.291 e. The lowest BCUT2D eigenvalue weighted by molar-refractivity contribution is -0.125. The van der Waals surface area contributed by atoms with Gasteiger partial charge in [0.2, 0.25) is 5.91 Å². The molecule has 3 heterocycles. The summed E-state index contributed by atoms with van der Waals surface area (Å²) in [5.41, 5.74) is 1.65. The second-order valence-corrected chi connectivity index (χ2v) is 6.14. The lowest BCUT2D eigenvalue weighted by Crippen LogP contribution is -2.41. The van der Waals surface area contributed by atoms with Crippen LogP contribution in [0.3, 0.4) is 0 Å². The molecule has 0 fully saturated rings. The number of nitrogens with one attached hydrogen (secondary N) is 1. The van der Waals surface area contributed by atoms with Gasteiger partial charge in [-0.15, -0.1) is 0 Å². The summed E-state index contributed by atoms with van der Waals surface area (Å²) in [7, 11) is 0. The van der Waals surface area contributed by atoms with Crippen molar-refractivity contribution in [3.05, 3.63) is 34.6 Å². The Morgan fingerprint density at radius 1 is 1.33 bits per heavy atom. The zero-order valence-corrected chi connectivity index (χ0v) is 14.4. The number of furan rings is 1. The molecule has 0 bridgehead atoms. The van der Waals surface area contributed by atoms with Gasteiger partial charge in [0.25, 0.3) is 5.56 Å². The van der Waals surface area contributed by atoms with Gasteiger partial charge in [-0.05, 0) is 20.3 Å². The second-order valence-electron chi connectivity index (χ2n) is 6.14. The third-order valence-electron chi connectivity index (χ3n) is 4.06. The van der Waals surface area contributed by atoms with Gasteiger partial charge in [-0.2, -0.15) is 5.10 Å². The monoisotopic (exact) mass is 330 g/mol. The van der Waals surface area contributed by atoms with E-state index in [9.17, 15) is 9.59 Å². The minimum Gasteiger partial charge on any atom is -0.463 e. The van der Waals surface area contributed by atoms with Gasteiger partial charge >= 0.3 is 0 Å². The zero-order chi connectivity index (χ0) is 17.4. The molecular formula is C17H22N4O3. The molecule has 0 saturated carbocycles. The van der Waals surface area contributed by atoms with E-state index in [1.807, 2.05) is 38.2 Å². The SMILES string of the molecule is CCc1nn(C(CC)C(=O)NC(C)C)c(=O)c2cc3occc3n12. The zero-order valence-electron chi connectivity index (χ0n) is 14.4. The fourth-order valence-corrected chi connectivity index (χ4v) is 2.98. The average molecular weight is 330 g/mol. The Morgan fingerprint density at radius 3 is 2.71 bits per heavy atom. The molecule has 0 aromatic carbocycles. The van der Waals surface area contributed by atoms with Gasteiger partial charge in [0, 0.05) is 24.6 Å². The highest BCUT2D eigenvalue weighted by Crippen LogP contribution is 2.21. The van der Waals surface area contributed by atoms with Crippen LogP contribution in [0, 0.1) is 0 Å². The second kappa shape index (κ2) is 6.14. The maximum Gasteiger partial charge on any atom is 0.291 e. The topological polar surface area (TPSA) is 81.5 Å².